The molecule has 0 saturated carbocycles. The highest BCUT2D eigenvalue weighted by molar-refractivity contribution is 6.08. The highest BCUT2D eigenvalue weighted by Crippen LogP contribution is 2.36. The topological polar surface area (TPSA) is 92.8 Å². The van der Waals surface area contributed by atoms with Crippen LogP contribution in [0.1, 0.15) is 32.3 Å². The van der Waals surface area contributed by atoms with E-state index in [1.54, 1.807) is 6.92 Å². The molecule has 7 nitrogen and oxygen atoms in total. The first-order chi connectivity index (χ1) is 13.7. The first-order valence-electron chi connectivity index (χ1n) is 9.50. The van der Waals surface area contributed by atoms with Crippen molar-refractivity contribution in [3.63, 3.8) is 0 Å². The number of rotatable bonds is 5. The van der Waals surface area contributed by atoms with Gasteiger partial charge in [0.25, 0.3) is 5.91 Å². The molecule has 3 rings (SSSR count). The molecule has 29 heavy (non-hydrogen) atoms. The Bertz CT molecular complexity index is 871. The molecule has 1 fully saturated rings. The molecule has 0 bridgehead atoms. The van der Waals surface area contributed by atoms with E-state index in [0.29, 0.717) is 18.4 Å². The van der Waals surface area contributed by atoms with E-state index in [1.165, 1.54) is 32.0 Å². The Morgan fingerprint density at radius 3 is 2.28 bits per heavy atom. The maximum Gasteiger partial charge on any atom is 0.329 e. The van der Waals surface area contributed by atoms with Gasteiger partial charge in [0.1, 0.15) is 11.9 Å². The highest BCUT2D eigenvalue weighted by Gasteiger charge is 2.50. The molecule has 1 saturated heterocycles. The van der Waals surface area contributed by atoms with Crippen LogP contribution >= 0.6 is 0 Å². The predicted octanol–water partition coefficient (Wildman–Crippen LogP) is 2.34. The van der Waals surface area contributed by atoms with Crippen LogP contribution in [-0.2, 0) is 23.9 Å². The number of likely N-dealkylation sites (tertiary alicyclic amines) is 1. The Balaban J connectivity index is 1.61. The predicted molar refractivity (Wildman–Crippen MR) is 102 cm³/mol. The third kappa shape index (κ3) is 4.06. The molecule has 0 aromatic heterocycles. The van der Waals surface area contributed by atoms with Crippen molar-refractivity contribution in [1.82, 2.24) is 4.90 Å². The Kier molecular flexibility index (Phi) is 5.81. The Morgan fingerprint density at radius 1 is 1.14 bits per heavy atom. The minimum atomic E-state index is -1.19. The standard InChI is InChI=1S/C21H23FN2O5/c1-11-8-9-14(10-17(11)22)23-18(25)13(3)29-21(28)12(2)24-19(26)15-6-4-5-7-16(15)20(24)27/h4-5,8-10,12-13,15-16H,6-7H2,1-3H3,(H,23,25)/t12-,13+,15-,16-/m0/s1. The van der Waals surface area contributed by atoms with E-state index in [-0.39, 0.29) is 17.5 Å². The lowest BCUT2D eigenvalue weighted by molar-refractivity contribution is -0.163. The minimum Gasteiger partial charge on any atom is -0.451 e. The summed E-state index contributed by atoms with van der Waals surface area (Å²) < 4.78 is 18.8. The van der Waals surface area contributed by atoms with E-state index >= 15 is 0 Å². The summed E-state index contributed by atoms with van der Waals surface area (Å²) in [6, 6.07) is 3.09. The van der Waals surface area contributed by atoms with Gasteiger partial charge in [0.2, 0.25) is 11.8 Å². The number of imide groups is 1. The van der Waals surface area contributed by atoms with Gasteiger partial charge in [-0.2, -0.15) is 0 Å². The lowest BCUT2D eigenvalue weighted by Crippen LogP contribution is -2.46. The summed E-state index contributed by atoms with van der Waals surface area (Å²) in [7, 11) is 0. The fraction of sp³-hybridized carbons (Fsp3) is 0.429. The summed E-state index contributed by atoms with van der Waals surface area (Å²) in [6.45, 7) is 4.37. The Labute approximate surface area is 167 Å². The average Bonchev–Trinajstić information content (AvgIpc) is 2.95. The largest absolute Gasteiger partial charge is 0.451 e. The van der Waals surface area contributed by atoms with Crippen LogP contribution in [0.5, 0.6) is 0 Å². The molecule has 1 N–H and O–H groups in total. The molecular weight excluding hydrogens is 379 g/mol. The number of benzene rings is 1. The second-order valence-electron chi connectivity index (χ2n) is 7.41. The fourth-order valence-electron chi connectivity index (χ4n) is 3.55. The summed E-state index contributed by atoms with van der Waals surface area (Å²) in [5.74, 6) is -3.63. The fourth-order valence-corrected chi connectivity index (χ4v) is 3.55. The Morgan fingerprint density at radius 2 is 1.72 bits per heavy atom. The molecule has 0 spiro atoms. The molecule has 1 heterocycles. The number of carbonyl (C=O) groups is 4. The van der Waals surface area contributed by atoms with Crippen molar-refractivity contribution < 1.29 is 28.3 Å². The van der Waals surface area contributed by atoms with E-state index in [0.717, 1.165) is 4.90 Å². The molecular formula is C21H23FN2O5. The average molecular weight is 402 g/mol. The molecule has 154 valence electrons. The van der Waals surface area contributed by atoms with Crippen LogP contribution in [-0.4, -0.2) is 40.7 Å². The van der Waals surface area contributed by atoms with Gasteiger partial charge in [-0.1, -0.05) is 18.2 Å². The number of nitrogens with one attached hydrogen (secondary N) is 1. The van der Waals surface area contributed by atoms with Crippen molar-refractivity contribution in [1.29, 1.82) is 0 Å². The first kappa shape index (κ1) is 20.7. The van der Waals surface area contributed by atoms with Crippen LogP contribution < -0.4 is 5.32 Å². The van der Waals surface area contributed by atoms with Crippen molar-refractivity contribution in [3.8, 4) is 0 Å². The number of hydrogen-bond acceptors (Lipinski definition) is 5. The van der Waals surface area contributed by atoms with Gasteiger partial charge < -0.3 is 10.1 Å². The highest BCUT2D eigenvalue weighted by atomic mass is 19.1. The van der Waals surface area contributed by atoms with E-state index in [2.05, 4.69) is 5.32 Å². The molecule has 1 aromatic carbocycles. The van der Waals surface area contributed by atoms with Gasteiger partial charge in [0.05, 0.1) is 11.8 Å². The first-order valence-corrected chi connectivity index (χ1v) is 9.50. The lowest BCUT2D eigenvalue weighted by Gasteiger charge is -2.23. The summed E-state index contributed by atoms with van der Waals surface area (Å²) in [5.41, 5.74) is 0.669. The van der Waals surface area contributed by atoms with Crippen LogP contribution in [0.3, 0.4) is 0 Å². The molecule has 1 aromatic rings. The summed E-state index contributed by atoms with van der Waals surface area (Å²) in [5, 5.41) is 2.47. The molecule has 0 radical (unpaired) electrons. The number of nitrogens with zero attached hydrogens (tertiary/aromatic N) is 1. The Hall–Kier alpha value is -3.03. The quantitative estimate of drug-likeness (QED) is 0.464. The van der Waals surface area contributed by atoms with Gasteiger partial charge in [-0.05, 0) is 51.3 Å². The normalized spacial score (nSPS) is 22.8. The van der Waals surface area contributed by atoms with Crippen LogP contribution in [0.4, 0.5) is 10.1 Å². The van der Waals surface area contributed by atoms with Crippen molar-refractivity contribution in [2.24, 2.45) is 11.8 Å². The third-order valence-corrected chi connectivity index (χ3v) is 5.37. The molecule has 2 aliphatic rings. The molecule has 0 unspecified atom stereocenters. The van der Waals surface area contributed by atoms with E-state index in [1.807, 2.05) is 12.2 Å². The van der Waals surface area contributed by atoms with Crippen molar-refractivity contribution in [2.75, 3.05) is 5.32 Å². The van der Waals surface area contributed by atoms with Crippen LogP contribution in [0.15, 0.2) is 30.4 Å². The van der Waals surface area contributed by atoms with E-state index < -0.39 is 41.7 Å². The zero-order valence-corrected chi connectivity index (χ0v) is 16.5. The lowest BCUT2D eigenvalue weighted by atomic mass is 9.85. The van der Waals surface area contributed by atoms with Gasteiger partial charge in [0.15, 0.2) is 6.10 Å². The molecule has 4 atom stereocenters. The number of carbonyl (C=O) groups excluding carboxylic acids is 4. The summed E-state index contributed by atoms with van der Waals surface area (Å²) >= 11 is 0. The van der Waals surface area contributed by atoms with E-state index in [4.69, 9.17) is 4.74 Å². The number of esters is 1. The molecule has 3 amide bonds. The molecule has 8 heteroatoms. The number of aryl methyl sites for hydroxylation is 1. The van der Waals surface area contributed by atoms with Crippen LogP contribution in [0.2, 0.25) is 0 Å². The minimum absolute atomic E-state index is 0.232. The van der Waals surface area contributed by atoms with Gasteiger partial charge in [-0.3, -0.25) is 19.3 Å². The van der Waals surface area contributed by atoms with Gasteiger partial charge in [0, 0.05) is 5.69 Å². The number of allylic oxidation sites excluding steroid dienone is 2. The van der Waals surface area contributed by atoms with Crippen molar-refractivity contribution >= 4 is 29.4 Å². The molecule has 1 aliphatic heterocycles. The molecule has 1 aliphatic carbocycles. The van der Waals surface area contributed by atoms with Crippen molar-refractivity contribution in [3.05, 3.63) is 41.7 Å². The van der Waals surface area contributed by atoms with Crippen LogP contribution in [0, 0.1) is 24.6 Å². The van der Waals surface area contributed by atoms with Gasteiger partial charge in [-0.15, -0.1) is 0 Å². The summed E-state index contributed by atoms with van der Waals surface area (Å²) in [4.78, 5) is 50.8. The number of fused-ring (bicyclic) bond motifs is 1. The third-order valence-electron chi connectivity index (χ3n) is 5.37. The number of anilines is 1. The summed E-state index contributed by atoms with van der Waals surface area (Å²) in [6.07, 6.45) is 3.48. The van der Waals surface area contributed by atoms with Gasteiger partial charge in [-0.25, -0.2) is 9.18 Å². The maximum absolute atomic E-state index is 13.6. The zero-order valence-electron chi connectivity index (χ0n) is 16.5. The van der Waals surface area contributed by atoms with Gasteiger partial charge >= 0.3 is 5.97 Å². The monoisotopic (exact) mass is 402 g/mol. The number of amides is 3. The smallest absolute Gasteiger partial charge is 0.329 e. The SMILES string of the molecule is Cc1ccc(NC(=O)[C@@H](C)OC(=O)[C@H](C)N2C(=O)[C@H]3CC=CC[C@@H]3C2=O)cc1F. The number of halogens is 1. The van der Waals surface area contributed by atoms with E-state index in [9.17, 15) is 23.6 Å². The maximum atomic E-state index is 13.6. The van der Waals surface area contributed by atoms with Crippen LogP contribution in [0.25, 0.3) is 0 Å². The number of hydrogen-bond donors (Lipinski definition) is 1. The second kappa shape index (κ2) is 8.14. The number of ether oxygens (including phenoxy) is 1. The van der Waals surface area contributed by atoms with Crippen molar-refractivity contribution in [2.45, 2.75) is 45.8 Å². The zero-order chi connectivity index (χ0) is 21.3. The second-order valence-corrected chi connectivity index (χ2v) is 7.41.